The molecule has 0 bridgehead atoms. The van der Waals surface area contributed by atoms with Crippen molar-refractivity contribution in [1.29, 1.82) is 0 Å². The first-order valence-corrected chi connectivity index (χ1v) is 12.4. The number of imidazole rings is 1. The van der Waals surface area contributed by atoms with Crippen LogP contribution in [0.3, 0.4) is 0 Å². The van der Waals surface area contributed by atoms with Crippen molar-refractivity contribution in [3.63, 3.8) is 0 Å². The molecule has 0 amide bonds. The van der Waals surface area contributed by atoms with Crippen LogP contribution in [0.2, 0.25) is 5.02 Å². The molecule has 0 radical (unpaired) electrons. The molecule has 0 spiro atoms. The van der Waals surface area contributed by atoms with Gasteiger partial charge in [0, 0.05) is 23.5 Å². The zero-order valence-corrected chi connectivity index (χ0v) is 21.9. The molecule has 0 aliphatic carbocycles. The first-order valence-electron chi connectivity index (χ1n) is 12.0. The monoisotopic (exact) mass is 633 g/mol. The van der Waals surface area contributed by atoms with Crippen LogP contribution < -0.4 is 0 Å². The van der Waals surface area contributed by atoms with E-state index in [1.165, 1.54) is 41.5 Å². The molecular formula is C24H16ClF8N9O. The summed E-state index contributed by atoms with van der Waals surface area (Å²) in [4.78, 5) is 12.2. The molecule has 0 aliphatic rings. The molecule has 4 aromatic heterocycles. The zero-order valence-electron chi connectivity index (χ0n) is 21.2. The Morgan fingerprint density at radius 3 is 2.42 bits per heavy atom. The van der Waals surface area contributed by atoms with E-state index in [0.29, 0.717) is 10.9 Å². The highest BCUT2D eigenvalue weighted by Gasteiger charge is 2.35. The lowest BCUT2D eigenvalue weighted by Gasteiger charge is -2.19. The van der Waals surface area contributed by atoms with E-state index in [9.17, 15) is 30.7 Å². The van der Waals surface area contributed by atoms with Crippen molar-refractivity contribution in [3.8, 4) is 28.3 Å². The van der Waals surface area contributed by atoms with Gasteiger partial charge >= 0.3 is 19.3 Å². The largest absolute Gasteiger partial charge is 0.436 e. The Balaban J connectivity index is 1.51. The number of benzene rings is 1. The van der Waals surface area contributed by atoms with Crippen molar-refractivity contribution in [2.75, 3.05) is 6.61 Å². The summed E-state index contributed by atoms with van der Waals surface area (Å²) in [5.41, 5.74) is -1.33. The Bertz CT molecular complexity index is 1700. The van der Waals surface area contributed by atoms with Gasteiger partial charge in [0.05, 0.1) is 41.6 Å². The number of hydrogen-bond acceptors (Lipinski definition) is 7. The predicted molar refractivity (Wildman–Crippen MR) is 132 cm³/mol. The first-order chi connectivity index (χ1) is 20.4. The van der Waals surface area contributed by atoms with E-state index in [-0.39, 0.29) is 45.5 Å². The van der Waals surface area contributed by atoms with Crippen molar-refractivity contribution < 1.29 is 39.9 Å². The molecule has 43 heavy (non-hydrogen) atoms. The molecule has 0 N–H and O–H groups in total. The van der Waals surface area contributed by atoms with Crippen LogP contribution in [0.1, 0.15) is 30.4 Å². The van der Waals surface area contributed by atoms with Gasteiger partial charge in [-0.25, -0.2) is 19.0 Å². The van der Waals surface area contributed by atoms with Gasteiger partial charge in [0.1, 0.15) is 12.0 Å². The fourth-order valence-corrected chi connectivity index (χ4v) is 4.34. The molecule has 1 aromatic carbocycles. The number of rotatable bonds is 10. The van der Waals surface area contributed by atoms with E-state index in [2.05, 4.69) is 35.1 Å². The van der Waals surface area contributed by atoms with Crippen molar-refractivity contribution in [2.45, 2.75) is 31.8 Å². The molecule has 226 valence electrons. The Morgan fingerprint density at radius 2 is 1.77 bits per heavy atom. The summed E-state index contributed by atoms with van der Waals surface area (Å²) in [6, 6.07) is 4.35. The third-order valence-electron chi connectivity index (χ3n) is 6.10. The van der Waals surface area contributed by atoms with Crippen LogP contribution in [-0.4, -0.2) is 57.5 Å². The van der Waals surface area contributed by atoms with Crippen molar-refractivity contribution in [2.24, 2.45) is 0 Å². The summed E-state index contributed by atoms with van der Waals surface area (Å²) in [7, 11) is 0. The van der Waals surface area contributed by atoms with Gasteiger partial charge in [-0.1, -0.05) is 22.9 Å². The highest BCUT2D eigenvalue weighted by molar-refractivity contribution is 6.31. The van der Waals surface area contributed by atoms with Crippen LogP contribution in [0, 0.1) is 5.82 Å². The Labute approximate surface area is 240 Å². The minimum Gasteiger partial charge on any atom is -0.328 e. The third-order valence-corrected chi connectivity index (χ3v) is 6.40. The molecule has 10 nitrogen and oxygen atoms in total. The van der Waals surface area contributed by atoms with Crippen LogP contribution in [0.4, 0.5) is 35.1 Å². The fraction of sp³-hybridized carbons (Fsp3) is 0.250. The Hall–Kier alpha value is -4.45. The minimum absolute atomic E-state index is 0.00546. The van der Waals surface area contributed by atoms with E-state index >= 15 is 4.39 Å². The second-order valence-electron chi connectivity index (χ2n) is 8.72. The van der Waals surface area contributed by atoms with Crippen molar-refractivity contribution in [3.05, 3.63) is 77.7 Å². The van der Waals surface area contributed by atoms with Gasteiger partial charge in [-0.3, -0.25) is 4.98 Å². The molecule has 1 unspecified atom stereocenters. The van der Waals surface area contributed by atoms with Crippen LogP contribution in [0.5, 0.6) is 0 Å². The lowest BCUT2D eigenvalue weighted by molar-refractivity contribution is -0.141. The Kier molecular flexibility index (Phi) is 8.41. The highest BCUT2D eigenvalue weighted by Crippen LogP contribution is 2.35. The summed E-state index contributed by atoms with van der Waals surface area (Å²) in [6.45, 7) is -6.49. The lowest BCUT2D eigenvalue weighted by atomic mass is 10.0. The molecule has 19 heteroatoms. The number of alkyl halides is 7. The van der Waals surface area contributed by atoms with E-state index in [0.717, 1.165) is 17.1 Å². The van der Waals surface area contributed by atoms with Crippen LogP contribution >= 0.6 is 11.6 Å². The maximum absolute atomic E-state index is 15.3. The number of nitrogens with zero attached hydrogens (tertiary/aromatic N) is 9. The summed E-state index contributed by atoms with van der Waals surface area (Å²) >= 11 is 5.96. The minimum atomic E-state index is -4.79. The van der Waals surface area contributed by atoms with Gasteiger partial charge in [-0.2, -0.15) is 40.5 Å². The topological polar surface area (TPSA) is 101 Å². The van der Waals surface area contributed by atoms with Gasteiger partial charge in [0.25, 0.3) is 0 Å². The molecule has 1 atom stereocenters. The van der Waals surface area contributed by atoms with E-state index in [1.54, 1.807) is 0 Å². The smallest absolute Gasteiger partial charge is 0.328 e. The SMILES string of the molecule is Fc1c(Cl)ccc(-n2cc(C(F)(F)F)nn2)c1-c1ccc(C(CCOC(F)F)n2cnc(-c3ncnn3C(F)F)c2)nc1. The maximum Gasteiger partial charge on any atom is 0.436 e. The summed E-state index contributed by atoms with van der Waals surface area (Å²) in [5, 5.41) is 9.67. The van der Waals surface area contributed by atoms with Crippen molar-refractivity contribution >= 4 is 11.6 Å². The van der Waals surface area contributed by atoms with Crippen LogP contribution in [0.15, 0.2) is 55.5 Å². The maximum atomic E-state index is 15.3. The fourth-order valence-electron chi connectivity index (χ4n) is 4.19. The number of aromatic nitrogens is 9. The van der Waals surface area contributed by atoms with Gasteiger partial charge < -0.3 is 9.30 Å². The number of pyridine rings is 1. The average molecular weight is 634 g/mol. The summed E-state index contributed by atoms with van der Waals surface area (Å²) in [5.74, 6) is -1.22. The molecule has 0 aliphatic heterocycles. The first kappa shape index (κ1) is 30.0. The zero-order chi connectivity index (χ0) is 30.9. The predicted octanol–water partition coefficient (Wildman–Crippen LogP) is 6.21. The number of hydrogen-bond donors (Lipinski definition) is 0. The van der Waals surface area contributed by atoms with Gasteiger partial charge in [0.2, 0.25) is 0 Å². The molecule has 0 fully saturated rings. The van der Waals surface area contributed by atoms with Crippen LogP contribution in [0.25, 0.3) is 28.3 Å². The van der Waals surface area contributed by atoms with Gasteiger partial charge in [-0.15, -0.1) is 5.10 Å². The summed E-state index contributed by atoms with van der Waals surface area (Å²) < 4.78 is 113. The molecule has 0 saturated carbocycles. The van der Waals surface area contributed by atoms with E-state index < -0.39 is 43.5 Å². The Morgan fingerprint density at radius 1 is 0.977 bits per heavy atom. The standard InChI is InChI=1S/C24H16ClF8N9O/c25-13-2-4-17(41-9-18(38-39-41)24(31,32)33)19(20(13)26)12-1-3-14(34-7-12)16(5-6-43-23(29)30)40-8-15(36-11-40)21-35-10-37-42(21)22(27)28/h1-4,7-11,16,22-23H,5-6H2. The van der Waals surface area contributed by atoms with Gasteiger partial charge in [-0.05, 0) is 24.6 Å². The number of halogens is 9. The quantitative estimate of drug-likeness (QED) is 0.169. The highest BCUT2D eigenvalue weighted by atomic mass is 35.5. The lowest BCUT2D eigenvalue weighted by Crippen LogP contribution is -2.14. The summed E-state index contributed by atoms with van der Waals surface area (Å²) in [6.07, 6.45) is 0.409. The van der Waals surface area contributed by atoms with E-state index in [1.807, 2.05) is 0 Å². The molecular weight excluding hydrogens is 618 g/mol. The number of ether oxygens (including phenoxy) is 1. The third kappa shape index (κ3) is 6.34. The second kappa shape index (κ2) is 12.0. The molecule has 4 heterocycles. The normalized spacial score (nSPS) is 12.9. The average Bonchev–Trinajstić information content (AvgIpc) is 3.73. The van der Waals surface area contributed by atoms with E-state index in [4.69, 9.17) is 11.6 Å². The van der Waals surface area contributed by atoms with Gasteiger partial charge in [0.15, 0.2) is 17.3 Å². The molecule has 5 aromatic rings. The second-order valence-corrected chi connectivity index (χ2v) is 9.13. The van der Waals surface area contributed by atoms with Crippen molar-refractivity contribution in [1.82, 2.24) is 44.3 Å². The van der Waals surface area contributed by atoms with Crippen LogP contribution in [-0.2, 0) is 10.9 Å². The molecule has 5 rings (SSSR count). The molecule has 0 saturated heterocycles.